The monoisotopic (exact) mass is 231 g/mol. The van der Waals surface area contributed by atoms with E-state index in [9.17, 15) is 0 Å². The smallest absolute Gasteiger partial charge is 0.127 e. The van der Waals surface area contributed by atoms with E-state index in [-0.39, 0.29) is 0 Å². The molecule has 92 valence electrons. The van der Waals surface area contributed by atoms with Crippen LogP contribution in [0.4, 0.5) is 5.82 Å². The quantitative estimate of drug-likeness (QED) is 0.780. The fourth-order valence-electron chi connectivity index (χ4n) is 1.79. The first kappa shape index (κ1) is 13.5. The zero-order valence-corrected chi connectivity index (χ0v) is 10.7. The highest BCUT2D eigenvalue weighted by Gasteiger charge is 2.05. The van der Waals surface area contributed by atoms with Gasteiger partial charge in [0.1, 0.15) is 5.82 Å². The molecule has 1 heterocycles. The minimum absolute atomic E-state index is 0.657. The second-order valence-electron chi connectivity index (χ2n) is 4.34. The van der Waals surface area contributed by atoms with Crippen LogP contribution in [0.15, 0.2) is 18.3 Å². The summed E-state index contributed by atoms with van der Waals surface area (Å²) in [7, 11) is 0. The van der Waals surface area contributed by atoms with Crippen LogP contribution in [-0.2, 0) is 0 Å². The molecular formula is C14H21N3. The van der Waals surface area contributed by atoms with Gasteiger partial charge in [-0.1, -0.05) is 33.1 Å². The molecule has 0 amide bonds. The lowest BCUT2D eigenvalue weighted by molar-refractivity contribution is 0.472. The highest BCUT2D eigenvalue weighted by atomic mass is 15.0. The number of unbranched alkanes of at least 4 members (excludes halogenated alkanes) is 1. The van der Waals surface area contributed by atoms with Crippen molar-refractivity contribution in [2.75, 3.05) is 11.9 Å². The molecule has 0 aromatic carbocycles. The van der Waals surface area contributed by atoms with Gasteiger partial charge in [-0.2, -0.15) is 5.26 Å². The van der Waals surface area contributed by atoms with E-state index in [4.69, 9.17) is 5.26 Å². The fourth-order valence-corrected chi connectivity index (χ4v) is 1.79. The summed E-state index contributed by atoms with van der Waals surface area (Å²) in [5.41, 5.74) is 0.657. The van der Waals surface area contributed by atoms with Crippen LogP contribution in [0.2, 0.25) is 0 Å². The van der Waals surface area contributed by atoms with Gasteiger partial charge in [0.25, 0.3) is 0 Å². The van der Waals surface area contributed by atoms with Crippen molar-refractivity contribution < 1.29 is 0 Å². The molecule has 1 rings (SSSR count). The van der Waals surface area contributed by atoms with Crippen molar-refractivity contribution in [1.29, 1.82) is 5.26 Å². The number of nitrogens with zero attached hydrogens (tertiary/aromatic N) is 2. The van der Waals surface area contributed by atoms with Crippen LogP contribution in [0.3, 0.4) is 0 Å². The molecule has 17 heavy (non-hydrogen) atoms. The molecule has 0 fully saturated rings. The second kappa shape index (κ2) is 7.67. The van der Waals surface area contributed by atoms with Crippen molar-refractivity contribution >= 4 is 5.82 Å². The number of pyridine rings is 1. The zero-order chi connectivity index (χ0) is 12.5. The number of hydrogen-bond donors (Lipinski definition) is 1. The summed E-state index contributed by atoms with van der Waals surface area (Å²) in [4.78, 5) is 4.21. The molecule has 0 bridgehead atoms. The van der Waals surface area contributed by atoms with E-state index in [1.165, 1.54) is 25.7 Å². The molecule has 1 atom stereocenters. The first-order chi connectivity index (χ1) is 8.30. The van der Waals surface area contributed by atoms with Gasteiger partial charge < -0.3 is 5.32 Å². The first-order valence-corrected chi connectivity index (χ1v) is 6.40. The van der Waals surface area contributed by atoms with Gasteiger partial charge in [-0.05, 0) is 24.5 Å². The highest BCUT2D eigenvalue weighted by Crippen LogP contribution is 2.14. The zero-order valence-electron chi connectivity index (χ0n) is 10.7. The highest BCUT2D eigenvalue weighted by molar-refractivity contribution is 5.42. The maximum Gasteiger partial charge on any atom is 0.127 e. The summed E-state index contributed by atoms with van der Waals surface area (Å²) in [6.45, 7) is 5.39. The molecule has 0 aliphatic rings. The molecule has 1 aromatic heterocycles. The average Bonchev–Trinajstić information content (AvgIpc) is 2.39. The molecule has 3 nitrogen and oxygen atoms in total. The predicted molar refractivity (Wildman–Crippen MR) is 70.7 cm³/mol. The Labute approximate surface area is 104 Å². The predicted octanol–water partition coefficient (Wildman–Crippen LogP) is 3.58. The standard InChI is InChI=1S/C14H21N3/c1-3-5-6-12(4-2)11-17-14-9-13(10-15)7-8-16-14/h7-9,12H,3-6,11H2,1-2H3,(H,16,17). The van der Waals surface area contributed by atoms with Gasteiger partial charge in [-0.15, -0.1) is 0 Å². The largest absolute Gasteiger partial charge is 0.370 e. The van der Waals surface area contributed by atoms with Gasteiger partial charge in [-0.25, -0.2) is 4.98 Å². The molecule has 0 saturated carbocycles. The Morgan fingerprint density at radius 3 is 2.94 bits per heavy atom. The van der Waals surface area contributed by atoms with Crippen molar-refractivity contribution in [3.63, 3.8) is 0 Å². The Kier molecular flexibility index (Phi) is 6.09. The molecule has 0 aliphatic heterocycles. The van der Waals surface area contributed by atoms with Crippen LogP contribution in [0.25, 0.3) is 0 Å². The van der Waals surface area contributed by atoms with E-state index >= 15 is 0 Å². The maximum absolute atomic E-state index is 8.80. The van der Waals surface area contributed by atoms with Crippen LogP contribution < -0.4 is 5.32 Å². The van der Waals surface area contributed by atoms with Crippen molar-refractivity contribution in [2.45, 2.75) is 39.5 Å². The molecule has 1 N–H and O–H groups in total. The van der Waals surface area contributed by atoms with E-state index in [0.717, 1.165) is 12.4 Å². The van der Waals surface area contributed by atoms with E-state index in [1.54, 1.807) is 18.3 Å². The van der Waals surface area contributed by atoms with Gasteiger partial charge in [0, 0.05) is 12.7 Å². The average molecular weight is 231 g/mol. The summed E-state index contributed by atoms with van der Waals surface area (Å²) in [5, 5.41) is 12.1. The van der Waals surface area contributed by atoms with E-state index in [1.807, 2.05) is 0 Å². The van der Waals surface area contributed by atoms with Crippen LogP contribution in [0.1, 0.15) is 45.1 Å². The van der Waals surface area contributed by atoms with Crippen molar-refractivity contribution in [3.8, 4) is 6.07 Å². The van der Waals surface area contributed by atoms with Crippen LogP contribution in [-0.4, -0.2) is 11.5 Å². The third-order valence-electron chi connectivity index (χ3n) is 3.00. The Morgan fingerprint density at radius 2 is 2.29 bits per heavy atom. The lowest BCUT2D eigenvalue weighted by Crippen LogP contribution is -2.14. The summed E-state index contributed by atoms with van der Waals surface area (Å²) in [5.74, 6) is 1.50. The van der Waals surface area contributed by atoms with Crippen molar-refractivity contribution in [1.82, 2.24) is 4.98 Å². The number of hydrogen-bond acceptors (Lipinski definition) is 3. The molecule has 1 aromatic rings. The first-order valence-electron chi connectivity index (χ1n) is 6.40. The van der Waals surface area contributed by atoms with Gasteiger partial charge in [0.15, 0.2) is 0 Å². The number of anilines is 1. The number of rotatable bonds is 7. The number of nitrogens with one attached hydrogen (secondary N) is 1. The topological polar surface area (TPSA) is 48.7 Å². The SMILES string of the molecule is CCCCC(CC)CNc1cc(C#N)ccn1. The van der Waals surface area contributed by atoms with Gasteiger partial charge in [-0.3, -0.25) is 0 Å². The fraction of sp³-hybridized carbons (Fsp3) is 0.571. The summed E-state index contributed by atoms with van der Waals surface area (Å²) >= 11 is 0. The van der Waals surface area contributed by atoms with E-state index < -0.39 is 0 Å². The Bertz CT molecular complexity index is 368. The lowest BCUT2D eigenvalue weighted by Gasteiger charge is -2.15. The summed E-state index contributed by atoms with van der Waals surface area (Å²) < 4.78 is 0. The molecular weight excluding hydrogens is 210 g/mol. The number of nitriles is 1. The third kappa shape index (κ3) is 4.86. The van der Waals surface area contributed by atoms with Crippen LogP contribution in [0.5, 0.6) is 0 Å². The Balaban J connectivity index is 2.45. The normalized spacial score (nSPS) is 11.8. The van der Waals surface area contributed by atoms with Gasteiger partial charge in [0.05, 0.1) is 11.6 Å². The molecule has 0 saturated heterocycles. The van der Waals surface area contributed by atoms with Crippen molar-refractivity contribution in [3.05, 3.63) is 23.9 Å². The maximum atomic E-state index is 8.80. The second-order valence-corrected chi connectivity index (χ2v) is 4.34. The molecule has 3 heteroatoms. The number of aromatic nitrogens is 1. The van der Waals surface area contributed by atoms with Crippen LogP contribution >= 0.6 is 0 Å². The van der Waals surface area contributed by atoms with E-state index in [0.29, 0.717) is 11.5 Å². The molecule has 1 unspecified atom stereocenters. The summed E-state index contributed by atoms with van der Waals surface area (Å²) in [6.07, 6.45) is 6.65. The Morgan fingerprint density at radius 1 is 1.47 bits per heavy atom. The molecule has 0 radical (unpaired) electrons. The van der Waals surface area contributed by atoms with Crippen molar-refractivity contribution in [2.24, 2.45) is 5.92 Å². The molecule has 0 spiro atoms. The summed E-state index contributed by atoms with van der Waals surface area (Å²) in [6, 6.07) is 5.64. The molecule has 0 aliphatic carbocycles. The third-order valence-corrected chi connectivity index (χ3v) is 3.00. The minimum Gasteiger partial charge on any atom is -0.370 e. The van der Waals surface area contributed by atoms with E-state index in [2.05, 4.69) is 30.2 Å². The minimum atomic E-state index is 0.657. The Hall–Kier alpha value is -1.56. The van der Waals surface area contributed by atoms with Gasteiger partial charge in [0.2, 0.25) is 0 Å². The van der Waals surface area contributed by atoms with Crippen LogP contribution in [0, 0.1) is 17.2 Å². The van der Waals surface area contributed by atoms with Gasteiger partial charge >= 0.3 is 0 Å². The lowest BCUT2D eigenvalue weighted by atomic mass is 9.99.